The highest BCUT2D eigenvalue weighted by atomic mass is 16.5. The minimum Gasteiger partial charge on any atom is -0.493 e. The number of ether oxygens (including phenoxy) is 2. The van der Waals surface area contributed by atoms with Crippen LogP contribution in [-0.2, 0) is 4.79 Å². The lowest BCUT2D eigenvalue weighted by atomic mass is 9.87. The molecule has 5 heteroatoms. The first-order valence-electron chi connectivity index (χ1n) is 10.4. The molecule has 1 amide bonds. The van der Waals surface area contributed by atoms with Gasteiger partial charge in [-0.2, -0.15) is 0 Å². The molecular formula is C23H36N2O3. The average molecular weight is 389 g/mol. The Bertz CT molecular complexity index is 635. The number of benzene rings is 1. The minimum absolute atomic E-state index is 0.0280. The van der Waals surface area contributed by atoms with Gasteiger partial charge in [0.25, 0.3) is 0 Å². The van der Waals surface area contributed by atoms with Crippen LogP contribution < -0.4 is 14.8 Å². The maximum absolute atomic E-state index is 12.2. The fourth-order valence-corrected chi connectivity index (χ4v) is 3.44. The summed E-state index contributed by atoms with van der Waals surface area (Å²) >= 11 is 0. The first kappa shape index (κ1) is 22.3. The van der Waals surface area contributed by atoms with Gasteiger partial charge >= 0.3 is 0 Å². The average Bonchev–Trinajstić information content (AvgIpc) is 2.68. The first-order valence-corrected chi connectivity index (χ1v) is 10.4. The Morgan fingerprint density at radius 1 is 1.18 bits per heavy atom. The molecule has 1 saturated carbocycles. The molecule has 0 unspecified atom stereocenters. The summed E-state index contributed by atoms with van der Waals surface area (Å²) in [7, 11) is 5.79. The van der Waals surface area contributed by atoms with Crippen molar-refractivity contribution < 1.29 is 14.3 Å². The van der Waals surface area contributed by atoms with Crippen LogP contribution >= 0.6 is 0 Å². The number of unbranched alkanes of at least 4 members (excludes halogenated alkanes) is 1. The molecule has 2 rings (SSSR count). The number of carbonyl (C=O) groups is 1. The minimum atomic E-state index is -0.0280. The smallest absolute Gasteiger partial charge is 0.244 e. The summed E-state index contributed by atoms with van der Waals surface area (Å²) in [4.78, 5) is 14.4. The molecule has 0 radical (unpaired) electrons. The van der Waals surface area contributed by atoms with Crippen LogP contribution in [0.1, 0.15) is 51.0 Å². The fraction of sp³-hybridized carbons (Fsp3) is 0.609. The molecule has 5 nitrogen and oxygen atoms in total. The summed E-state index contributed by atoms with van der Waals surface area (Å²) in [6.45, 7) is 4.01. The predicted molar refractivity (Wildman–Crippen MR) is 115 cm³/mol. The van der Waals surface area contributed by atoms with Crippen molar-refractivity contribution in [2.45, 2.75) is 51.5 Å². The molecule has 1 aromatic carbocycles. The van der Waals surface area contributed by atoms with Crippen molar-refractivity contribution in [2.24, 2.45) is 5.92 Å². The number of amides is 1. The Balaban J connectivity index is 1.83. The topological polar surface area (TPSA) is 50.8 Å². The Kier molecular flexibility index (Phi) is 9.35. The van der Waals surface area contributed by atoms with E-state index in [1.807, 2.05) is 24.3 Å². The van der Waals surface area contributed by atoms with Crippen molar-refractivity contribution in [3.63, 3.8) is 0 Å². The second kappa shape index (κ2) is 11.7. The van der Waals surface area contributed by atoms with E-state index in [2.05, 4.69) is 31.2 Å². The van der Waals surface area contributed by atoms with E-state index in [0.29, 0.717) is 18.4 Å². The van der Waals surface area contributed by atoms with Crippen LogP contribution in [0.4, 0.5) is 0 Å². The van der Waals surface area contributed by atoms with E-state index in [-0.39, 0.29) is 5.91 Å². The molecule has 28 heavy (non-hydrogen) atoms. The molecule has 1 aliphatic rings. The molecule has 0 aliphatic heterocycles. The van der Waals surface area contributed by atoms with Crippen LogP contribution in [0.5, 0.6) is 11.5 Å². The first-order chi connectivity index (χ1) is 13.5. The standard InChI is InChI=1S/C23H36N2O3/c1-18-7-11-20(12-8-18)24-23(26)14-10-19-9-13-21(22(17-19)27-4)28-16-6-5-15-25(2)3/h9-10,13-14,17-18,20H,5-8,11-12,15-16H2,1-4H3,(H,24,26). The van der Waals surface area contributed by atoms with Gasteiger partial charge in [-0.05, 0) is 88.9 Å². The zero-order chi connectivity index (χ0) is 20.4. The van der Waals surface area contributed by atoms with Gasteiger partial charge in [-0.3, -0.25) is 4.79 Å². The van der Waals surface area contributed by atoms with Crippen LogP contribution in [-0.4, -0.2) is 51.2 Å². The van der Waals surface area contributed by atoms with E-state index in [4.69, 9.17) is 9.47 Å². The Morgan fingerprint density at radius 2 is 1.93 bits per heavy atom. The predicted octanol–water partition coefficient (Wildman–Crippen LogP) is 4.12. The van der Waals surface area contributed by atoms with E-state index >= 15 is 0 Å². The number of hydrogen-bond acceptors (Lipinski definition) is 4. The Labute approximate surface area is 170 Å². The lowest BCUT2D eigenvalue weighted by Crippen LogP contribution is -2.36. The summed E-state index contributed by atoms with van der Waals surface area (Å²) in [6.07, 6.45) is 10.1. The van der Waals surface area contributed by atoms with Gasteiger partial charge in [0, 0.05) is 12.1 Å². The number of hydrogen-bond donors (Lipinski definition) is 1. The number of carbonyl (C=O) groups excluding carboxylic acids is 1. The Hall–Kier alpha value is -2.01. The van der Waals surface area contributed by atoms with E-state index in [9.17, 15) is 4.79 Å². The van der Waals surface area contributed by atoms with Gasteiger partial charge < -0.3 is 19.7 Å². The lowest BCUT2D eigenvalue weighted by molar-refractivity contribution is -0.117. The number of nitrogens with one attached hydrogen (secondary N) is 1. The van der Waals surface area contributed by atoms with Crippen molar-refractivity contribution in [1.29, 1.82) is 0 Å². The molecule has 0 bridgehead atoms. The third-order valence-corrected chi connectivity index (χ3v) is 5.23. The monoisotopic (exact) mass is 388 g/mol. The molecule has 0 heterocycles. The summed E-state index contributed by atoms with van der Waals surface area (Å²) in [5.41, 5.74) is 0.921. The summed E-state index contributed by atoms with van der Waals surface area (Å²) in [6, 6.07) is 6.07. The van der Waals surface area contributed by atoms with E-state index in [1.54, 1.807) is 13.2 Å². The van der Waals surface area contributed by atoms with Gasteiger partial charge in [0.15, 0.2) is 11.5 Å². The normalized spacial score (nSPS) is 19.8. The van der Waals surface area contributed by atoms with Crippen LogP contribution in [0.2, 0.25) is 0 Å². The maximum atomic E-state index is 12.2. The highest BCUT2D eigenvalue weighted by Crippen LogP contribution is 2.29. The summed E-state index contributed by atoms with van der Waals surface area (Å²) < 4.78 is 11.3. The van der Waals surface area contributed by atoms with Gasteiger partial charge in [0.05, 0.1) is 13.7 Å². The van der Waals surface area contributed by atoms with Crippen molar-refractivity contribution in [1.82, 2.24) is 10.2 Å². The molecule has 0 aromatic heterocycles. The molecule has 1 fully saturated rings. The van der Waals surface area contributed by atoms with Gasteiger partial charge in [-0.1, -0.05) is 13.0 Å². The van der Waals surface area contributed by atoms with Crippen molar-refractivity contribution in [3.05, 3.63) is 29.8 Å². The molecule has 0 saturated heterocycles. The number of methoxy groups -OCH3 is 1. The second-order valence-corrected chi connectivity index (χ2v) is 8.07. The highest BCUT2D eigenvalue weighted by Gasteiger charge is 2.18. The van der Waals surface area contributed by atoms with Crippen molar-refractivity contribution in [2.75, 3.05) is 34.4 Å². The van der Waals surface area contributed by atoms with Crippen molar-refractivity contribution in [3.8, 4) is 11.5 Å². The lowest BCUT2D eigenvalue weighted by Gasteiger charge is -2.26. The van der Waals surface area contributed by atoms with Gasteiger partial charge in [0.2, 0.25) is 5.91 Å². The third-order valence-electron chi connectivity index (χ3n) is 5.23. The SMILES string of the molecule is COc1cc(C=CC(=O)NC2CCC(C)CC2)ccc1OCCCCN(C)C. The van der Waals surface area contributed by atoms with Gasteiger partial charge in [0.1, 0.15) is 0 Å². The van der Waals surface area contributed by atoms with E-state index in [1.165, 1.54) is 12.8 Å². The molecular weight excluding hydrogens is 352 g/mol. The largest absolute Gasteiger partial charge is 0.493 e. The van der Waals surface area contributed by atoms with E-state index < -0.39 is 0 Å². The van der Waals surface area contributed by atoms with Crippen LogP contribution in [0, 0.1) is 5.92 Å². The van der Waals surface area contributed by atoms with Crippen LogP contribution in [0.15, 0.2) is 24.3 Å². The molecule has 1 N–H and O–H groups in total. The zero-order valence-electron chi connectivity index (χ0n) is 17.9. The molecule has 1 aliphatic carbocycles. The van der Waals surface area contributed by atoms with Crippen LogP contribution in [0.25, 0.3) is 6.08 Å². The third kappa shape index (κ3) is 7.93. The zero-order valence-corrected chi connectivity index (χ0v) is 17.9. The number of rotatable bonds is 10. The molecule has 0 atom stereocenters. The quantitative estimate of drug-likeness (QED) is 0.484. The van der Waals surface area contributed by atoms with Gasteiger partial charge in [-0.15, -0.1) is 0 Å². The highest BCUT2D eigenvalue weighted by molar-refractivity contribution is 5.92. The Morgan fingerprint density at radius 3 is 2.61 bits per heavy atom. The van der Waals surface area contributed by atoms with Crippen molar-refractivity contribution >= 4 is 12.0 Å². The summed E-state index contributed by atoms with van der Waals surface area (Å²) in [5, 5.41) is 3.11. The van der Waals surface area contributed by atoms with Crippen LogP contribution in [0.3, 0.4) is 0 Å². The fourth-order valence-electron chi connectivity index (χ4n) is 3.44. The number of nitrogens with zero attached hydrogens (tertiary/aromatic N) is 1. The second-order valence-electron chi connectivity index (χ2n) is 8.07. The summed E-state index contributed by atoms with van der Waals surface area (Å²) in [5.74, 6) is 2.19. The molecule has 156 valence electrons. The van der Waals surface area contributed by atoms with Gasteiger partial charge in [-0.25, -0.2) is 0 Å². The maximum Gasteiger partial charge on any atom is 0.244 e. The van der Waals surface area contributed by atoms with E-state index in [0.717, 1.165) is 49.5 Å². The molecule has 0 spiro atoms. The molecule has 1 aromatic rings.